The lowest BCUT2D eigenvalue weighted by molar-refractivity contribution is 0.0956. The van der Waals surface area contributed by atoms with E-state index in [4.69, 9.17) is 4.42 Å². The number of rotatable bonds is 6. The number of nitrogens with zero attached hydrogens (tertiary/aromatic N) is 3. The minimum absolute atomic E-state index is 0.0873. The van der Waals surface area contributed by atoms with Crippen LogP contribution in [0.3, 0.4) is 0 Å². The number of thioether (sulfide) groups is 1. The second-order valence-electron chi connectivity index (χ2n) is 5.32. The summed E-state index contributed by atoms with van der Waals surface area (Å²) >= 11 is 1.56. The number of hydrogen-bond donors (Lipinski definition) is 1. The van der Waals surface area contributed by atoms with E-state index in [2.05, 4.69) is 15.5 Å². The van der Waals surface area contributed by atoms with Gasteiger partial charge in [0.15, 0.2) is 5.16 Å². The number of aromatic nitrogens is 3. The fourth-order valence-electron chi connectivity index (χ4n) is 2.19. The van der Waals surface area contributed by atoms with Crippen LogP contribution in [0.25, 0.3) is 11.3 Å². The molecule has 0 fully saturated rings. The molecule has 2 heterocycles. The van der Waals surface area contributed by atoms with Crippen molar-refractivity contribution in [2.75, 3.05) is 12.3 Å². The van der Waals surface area contributed by atoms with E-state index in [-0.39, 0.29) is 5.91 Å². The molecule has 1 N–H and O–H groups in total. The van der Waals surface area contributed by atoms with E-state index < -0.39 is 0 Å². The van der Waals surface area contributed by atoms with Gasteiger partial charge in [0, 0.05) is 30.5 Å². The first-order valence-electron chi connectivity index (χ1n) is 7.55. The summed E-state index contributed by atoms with van der Waals surface area (Å²) in [6, 6.07) is 11.2. The van der Waals surface area contributed by atoms with E-state index >= 15 is 0 Å². The molecule has 0 saturated carbocycles. The van der Waals surface area contributed by atoms with Gasteiger partial charge < -0.3 is 14.3 Å². The molecule has 6 nitrogen and oxygen atoms in total. The van der Waals surface area contributed by atoms with E-state index in [9.17, 15) is 4.79 Å². The van der Waals surface area contributed by atoms with Gasteiger partial charge in [-0.1, -0.05) is 23.9 Å². The second-order valence-corrected chi connectivity index (χ2v) is 6.38. The molecule has 0 unspecified atom stereocenters. The van der Waals surface area contributed by atoms with Gasteiger partial charge in [0.05, 0.1) is 0 Å². The first-order valence-corrected chi connectivity index (χ1v) is 8.54. The number of carbonyl (C=O) groups excluding carboxylic acids is 1. The molecule has 0 atom stereocenters. The Morgan fingerprint density at radius 1 is 1.25 bits per heavy atom. The Bertz CT molecular complexity index is 823. The molecule has 0 radical (unpaired) electrons. The molecule has 0 aliphatic heterocycles. The molecule has 0 saturated heterocycles. The van der Waals surface area contributed by atoms with Crippen LogP contribution in [0.1, 0.15) is 16.1 Å². The Kier molecular flexibility index (Phi) is 5.00. The molecule has 0 bridgehead atoms. The van der Waals surface area contributed by atoms with Gasteiger partial charge in [-0.2, -0.15) is 0 Å². The van der Waals surface area contributed by atoms with Crippen molar-refractivity contribution in [1.82, 2.24) is 20.1 Å². The maximum Gasteiger partial charge on any atom is 0.251 e. The predicted octanol–water partition coefficient (Wildman–Crippen LogP) is 2.91. The molecular weight excluding hydrogens is 324 g/mol. The van der Waals surface area contributed by atoms with Crippen LogP contribution in [-0.2, 0) is 7.05 Å². The molecule has 7 heteroatoms. The smallest absolute Gasteiger partial charge is 0.251 e. The molecule has 0 aliphatic rings. The molecule has 124 valence electrons. The Morgan fingerprint density at radius 2 is 2.04 bits per heavy atom. The Labute approximate surface area is 144 Å². The van der Waals surface area contributed by atoms with E-state index in [0.717, 1.165) is 28.0 Å². The van der Waals surface area contributed by atoms with Gasteiger partial charge >= 0.3 is 0 Å². The molecule has 3 rings (SSSR count). The highest BCUT2D eigenvalue weighted by Crippen LogP contribution is 2.22. The minimum atomic E-state index is -0.0873. The number of carbonyl (C=O) groups is 1. The van der Waals surface area contributed by atoms with Gasteiger partial charge in [-0.15, -0.1) is 10.2 Å². The molecular formula is C17H18N4O2S. The summed E-state index contributed by atoms with van der Waals surface area (Å²) in [6.45, 7) is 2.47. The first kappa shape index (κ1) is 16.3. The third-order valence-electron chi connectivity index (χ3n) is 3.46. The molecule has 24 heavy (non-hydrogen) atoms. The zero-order valence-corrected chi connectivity index (χ0v) is 14.3. The maximum absolute atomic E-state index is 12.1. The molecule has 0 aliphatic carbocycles. The third kappa shape index (κ3) is 3.86. The van der Waals surface area contributed by atoms with E-state index in [1.807, 2.05) is 42.8 Å². The van der Waals surface area contributed by atoms with Gasteiger partial charge in [-0.3, -0.25) is 4.79 Å². The summed E-state index contributed by atoms with van der Waals surface area (Å²) in [5, 5.41) is 11.5. The summed E-state index contributed by atoms with van der Waals surface area (Å²) in [6.07, 6.45) is 1.66. The number of aryl methyl sites for hydroxylation is 2. The lowest BCUT2D eigenvalue weighted by Crippen LogP contribution is -2.25. The van der Waals surface area contributed by atoms with Crippen molar-refractivity contribution in [3.8, 4) is 11.3 Å². The van der Waals surface area contributed by atoms with Gasteiger partial charge in [0.25, 0.3) is 5.91 Å². The first-order chi connectivity index (χ1) is 11.6. The van der Waals surface area contributed by atoms with Crippen LogP contribution in [0.15, 0.2) is 52.3 Å². The quantitative estimate of drug-likeness (QED) is 0.551. The van der Waals surface area contributed by atoms with Crippen LogP contribution >= 0.6 is 11.8 Å². The minimum Gasteiger partial charge on any atom is -0.461 e. The monoisotopic (exact) mass is 342 g/mol. The Balaban J connectivity index is 1.51. The Hall–Kier alpha value is -2.54. The van der Waals surface area contributed by atoms with Crippen molar-refractivity contribution in [3.63, 3.8) is 0 Å². The van der Waals surface area contributed by atoms with E-state index in [1.54, 1.807) is 30.2 Å². The fourth-order valence-corrected chi connectivity index (χ4v) is 2.93. The lowest BCUT2D eigenvalue weighted by atomic mass is 10.1. The van der Waals surface area contributed by atoms with Crippen molar-refractivity contribution < 1.29 is 9.21 Å². The molecule has 2 aromatic heterocycles. The zero-order valence-electron chi connectivity index (χ0n) is 13.5. The second kappa shape index (κ2) is 7.35. The average Bonchev–Trinajstić information content (AvgIpc) is 3.20. The van der Waals surface area contributed by atoms with Crippen molar-refractivity contribution >= 4 is 17.7 Å². The van der Waals surface area contributed by atoms with Crippen LogP contribution in [0, 0.1) is 6.92 Å². The maximum atomic E-state index is 12.1. The topological polar surface area (TPSA) is 73.0 Å². The van der Waals surface area contributed by atoms with E-state index in [0.29, 0.717) is 12.1 Å². The fraction of sp³-hybridized carbons (Fsp3) is 0.235. The van der Waals surface area contributed by atoms with Crippen LogP contribution < -0.4 is 5.32 Å². The van der Waals surface area contributed by atoms with Gasteiger partial charge in [-0.25, -0.2) is 0 Å². The average molecular weight is 342 g/mol. The summed E-state index contributed by atoms with van der Waals surface area (Å²) in [5.41, 5.74) is 1.59. The number of amides is 1. The van der Waals surface area contributed by atoms with Crippen molar-refractivity contribution in [3.05, 3.63) is 54.0 Å². The van der Waals surface area contributed by atoms with Crippen LogP contribution in [-0.4, -0.2) is 33.0 Å². The molecule has 1 amide bonds. The Morgan fingerprint density at radius 3 is 2.67 bits per heavy atom. The van der Waals surface area contributed by atoms with Gasteiger partial charge in [-0.05, 0) is 31.2 Å². The third-order valence-corrected chi connectivity index (χ3v) is 4.50. The number of nitrogens with one attached hydrogen (secondary N) is 1. The van der Waals surface area contributed by atoms with Crippen molar-refractivity contribution in [2.45, 2.75) is 12.1 Å². The van der Waals surface area contributed by atoms with Gasteiger partial charge in [0.2, 0.25) is 0 Å². The van der Waals surface area contributed by atoms with E-state index in [1.165, 1.54) is 0 Å². The predicted molar refractivity (Wildman–Crippen MR) is 92.9 cm³/mol. The van der Waals surface area contributed by atoms with Crippen LogP contribution in [0.4, 0.5) is 0 Å². The lowest BCUT2D eigenvalue weighted by Gasteiger charge is -2.05. The zero-order chi connectivity index (χ0) is 16.9. The van der Waals surface area contributed by atoms with Crippen LogP contribution in [0.2, 0.25) is 0 Å². The summed E-state index contributed by atoms with van der Waals surface area (Å²) in [5.74, 6) is 2.32. The largest absolute Gasteiger partial charge is 0.461 e. The number of benzene rings is 1. The summed E-state index contributed by atoms with van der Waals surface area (Å²) < 4.78 is 7.43. The number of furan rings is 1. The SMILES string of the molecule is Cc1ccc(-c2ccc(C(=O)NCCSc3nncn3C)cc2)o1. The highest BCUT2D eigenvalue weighted by atomic mass is 32.2. The van der Waals surface area contributed by atoms with Crippen LogP contribution in [0.5, 0.6) is 0 Å². The van der Waals surface area contributed by atoms with Crippen molar-refractivity contribution in [2.24, 2.45) is 7.05 Å². The normalized spacial score (nSPS) is 10.8. The highest BCUT2D eigenvalue weighted by molar-refractivity contribution is 7.99. The number of hydrogen-bond acceptors (Lipinski definition) is 5. The summed E-state index contributed by atoms with van der Waals surface area (Å²) in [7, 11) is 1.89. The molecule has 3 aromatic rings. The van der Waals surface area contributed by atoms with Crippen molar-refractivity contribution in [1.29, 1.82) is 0 Å². The summed E-state index contributed by atoms with van der Waals surface area (Å²) in [4.78, 5) is 12.1. The highest BCUT2D eigenvalue weighted by Gasteiger charge is 2.08. The molecule has 1 aromatic carbocycles. The molecule has 0 spiro atoms. The van der Waals surface area contributed by atoms with Gasteiger partial charge in [0.1, 0.15) is 17.8 Å². The standard InChI is InChI=1S/C17H18N4O2S/c1-12-3-8-15(23-12)13-4-6-14(7-5-13)16(22)18-9-10-24-17-20-19-11-21(17)2/h3-8,11H,9-10H2,1-2H3,(H,18,22).